The zero-order chi connectivity index (χ0) is 12.4. The van der Waals surface area contributed by atoms with Gasteiger partial charge in [0.25, 0.3) is 0 Å². The number of nitrogens with one attached hydrogen (secondary N) is 1. The summed E-state index contributed by atoms with van der Waals surface area (Å²) in [6.45, 7) is 3.11. The third-order valence-corrected chi connectivity index (χ3v) is 4.37. The van der Waals surface area contributed by atoms with Crippen molar-refractivity contribution in [3.05, 3.63) is 30.1 Å². The predicted molar refractivity (Wildman–Crippen MR) is 71.3 cm³/mol. The Labute approximate surface area is 109 Å². The molecule has 1 unspecified atom stereocenters. The molecule has 18 heavy (non-hydrogen) atoms. The summed E-state index contributed by atoms with van der Waals surface area (Å²) in [6, 6.07) is 7.02. The fraction of sp³-hybridized carbons (Fsp3) is 0.667. The molecule has 1 N–H and O–H groups in total. The predicted octanol–water partition coefficient (Wildman–Crippen LogP) is 2.83. The fourth-order valence-electron chi connectivity index (χ4n) is 3.16. The fourth-order valence-corrected chi connectivity index (χ4v) is 3.16. The van der Waals surface area contributed by atoms with Crippen LogP contribution in [0.2, 0.25) is 0 Å². The molecule has 0 bridgehead atoms. The standard InChI is InChI=1S/C15H22N2O/c1-12(14-5-2-3-9-16-14)17-13-6-10-18-15(11-13)7-4-8-15/h2-3,5,9,12-13,17H,4,6-8,10-11H2,1H3/t12-,13?/m1/s1. The second kappa shape index (κ2) is 4.98. The molecule has 1 saturated heterocycles. The minimum Gasteiger partial charge on any atom is -0.375 e. The Hall–Kier alpha value is -0.930. The van der Waals surface area contributed by atoms with Crippen LogP contribution < -0.4 is 5.32 Å². The van der Waals surface area contributed by atoms with Crippen LogP contribution in [0.3, 0.4) is 0 Å². The van der Waals surface area contributed by atoms with Crippen molar-refractivity contribution in [2.75, 3.05) is 6.61 Å². The lowest BCUT2D eigenvalue weighted by Crippen LogP contribution is -2.51. The lowest BCUT2D eigenvalue weighted by atomic mass is 9.74. The van der Waals surface area contributed by atoms with Crippen LogP contribution in [0.1, 0.15) is 50.8 Å². The first-order valence-corrected chi connectivity index (χ1v) is 7.08. The molecule has 2 fully saturated rings. The summed E-state index contributed by atoms with van der Waals surface area (Å²) in [6.07, 6.45) is 8.00. The first kappa shape index (κ1) is 12.1. The van der Waals surface area contributed by atoms with E-state index in [0.29, 0.717) is 12.1 Å². The second-order valence-corrected chi connectivity index (χ2v) is 5.72. The lowest BCUT2D eigenvalue weighted by molar-refractivity contribution is -0.136. The van der Waals surface area contributed by atoms with E-state index in [-0.39, 0.29) is 5.60 Å². The minimum absolute atomic E-state index is 0.222. The summed E-state index contributed by atoms with van der Waals surface area (Å²) in [4.78, 5) is 4.42. The van der Waals surface area contributed by atoms with Crippen molar-refractivity contribution in [1.29, 1.82) is 0 Å². The molecule has 2 atom stereocenters. The number of aromatic nitrogens is 1. The van der Waals surface area contributed by atoms with Gasteiger partial charge in [-0.05, 0) is 51.2 Å². The van der Waals surface area contributed by atoms with Crippen molar-refractivity contribution in [1.82, 2.24) is 10.3 Å². The zero-order valence-electron chi connectivity index (χ0n) is 11.1. The van der Waals surface area contributed by atoms with Gasteiger partial charge in [0.1, 0.15) is 0 Å². The number of hydrogen-bond donors (Lipinski definition) is 1. The molecule has 98 valence electrons. The third kappa shape index (κ3) is 2.43. The monoisotopic (exact) mass is 246 g/mol. The Bertz CT molecular complexity index is 389. The van der Waals surface area contributed by atoms with Crippen LogP contribution in [-0.4, -0.2) is 23.2 Å². The third-order valence-electron chi connectivity index (χ3n) is 4.37. The lowest BCUT2D eigenvalue weighted by Gasteiger charge is -2.47. The van der Waals surface area contributed by atoms with Gasteiger partial charge < -0.3 is 10.1 Å². The molecule has 1 saturated carbocycles. The van der Waals surface area contributed by atoms with Crippen LogP contribution in [0, 0.1) is 0 Å². The first-order valence-electron chi connectivity index (χ1n) is 7.08. The topological polar surface area (TPSA) is 34.1 Å². The van der Waals surface area contributed by atoms with E-state index in [2.05, 4.69) is 29.4 Å². The molecule has 3 rings (SSSR count). The van der Waals surface area contributed by atoms with Crippen LogP contribution in [0.15, 0.2) is 24.4 Å². The van der Waals surface area contributed by atoms with Gasteiger partial charge in [-0.3, -0.25) is 4.98 Å². The van der Waals surface area contributed by atoms with Crippen molar-refractivity contribution < 1.29 is 4.74 Å². The van der Waals surface area contributed by atoms with E-state index < -0.39 is 0 Å². The SMILES string of the molecule is C[C@@H](NC1CCOC2(CCC2)C1)c1ccccn1. The highest BCUT2D eigenvalue weighted by Crippen LogP contribution is 2.42. The molecule has 3 heteroatoms. The molecule has 3 nitrogen and oxygen atoms in total. The molecule has 2 heterocycles. The Balaban J connectivity index is 1.59. The molecule has 1 aromatic heterocycles. The zero-order valence-corrected chi connectivity index (χ0v) is 11.1. The van der Waals surface area contributed by atoms with Crippen molar-refractivity contribution in [2.45, 2.75) is 56.7 Å². The van der Waals surface area contributed by atoms with E-state index >= 15 is 0 Å². The van der Waals surface area contributed by atoms with Gasteiger partial charge in [0.15, 0.2) is 0 Å². The van der Waals surface area contributed by atoms with E-state index in [1.165, 1.54) is 25.7 Å². The van der Waals surface area contributed by atoms with E-state index in [1.54, 1.807) is 0 Å². The molecule has 1 spiro atoms. The van der Waals surface area contributed by atoms with Gasteiger partial charge in [0, 0.05) is 24.9 Å². The average Bonchev–Trinajstić information content (AvgIpc) is 2.38. The summed E-state index contributed by atoms with van der Waals surface area (Å²) < 4.78 is 5.96. The number of rotatable bonds is 3. The van der Waals surface area contributed by atoms with E-state index in [4.69, 9.17) is 4.74 Å². The molecule has 1 aromatic rings. The van der Waals surface area contributed by atoms with Gasteiger partial charge in [-0.15, -0.1) is 0 Å². The van der Waals surface area contributed by atoms with Gasteiger partial charge in [-0.25, -0.2) is 0 Å². The summed E-state index contributed by atoms with van der Waals surface area (Å²) in [5.41, 5.74) is 1.35. The van der Waals surface area contributed by atoms with Crippen molar-refractivity contribution in [3.8, 4) is 0 Å². The van der Waals surface area contributed by atoms with Gasteiger partial charge >= 0.3 is 0 Å². The van der Waals surface area contributed by atoms with Crippen molar-refractivity contribution >= 4 is 0 Å². The van der Waals surface area contributed by atoms with Crippen LogP contribution in [0.4, 0.5) is 0 Å². The second-order valence-electron chi connectivity index (χ2n) is 5.72. The Morgan fingerprint density at radius 2 is 2.33 bits per heavy atom. The highest BCUT2D eigenvalue weighted by Gasteiger charge is 2.42. The Morgan fingerprint density at radius 1 is 1.44 bits per heavy atom. The normalized spacial score (nSPS) is 27.7. The van der Waals surface area contributed by atoms with E-state index in [9.17, 15) is 0 Å². The summed E-state index contributed by atoms with van der Waals surface area (Å²) in [5, 5.41) is 3.72. The summed E-state index contributed by atoms with van der Waals surface area (Å²) >= 11 is 0. The van der Waals surface area contributed by atoms with Crippen LogP contribution in [0.5, 0.6) is 0 Å². The number of nitrogens with zero attached hydrogens (tertiary/aromatic N) is 1. The van der Waals surface area contributed by atoms with E-state index in [1.807, 2.05) is 12.3 Å². The maximum absolute atomic E-state index is 5.96. The molecule has 0 amide bonds. The summed E-state index contributed by atoms with van der Waals surface area (Å²) in [7, 11) is 0. The Morgan fingerprint density at radius 3 is 3.00 bits per heavy atom. The van der Waals surface area contributed by atoms with Crippen molar-refractivity contribution in [3.63, 3.8) is 0 Å². The van der Waals surface area contributed by atoms with Gasteiger partial charge in [-0.2, -0.15) is 0 Å². The quantitative estimate of drug-likeness (QED) is 0.890. The van der Waals surface area contributed by atoms with E-state index in [0.717, 1.165) is 18.7 Å². The smallest absolute Gasteiger partial charge is 0.0697 e. The number of hydrogen-bond acceptors (Lipinski definition) is 3. The summed E-state index contributed by atoms with van der Waals surface area (Å²) in [5.74, 6) is 0. The van der Waals surface area contributed by atoms with Crippen LogP contribution in [0.25, 0.3) is 0 Å². The van der Waals surface area contributed by atoms with Gasteiger partial charge in [-0.1, -0.05) is 6.07 Å². The maximum atomic E-state index is 5.96. The van der Waals surface area contributed by atoms with Crippen LogP contribution >= 0.6 is 0 Å². The molecule has 1 aliphatic heterocycles. The maximum Gasteiger partial charge on any atom is 0.0697 e. The molecule has 1 aliphatic carbocycles. The molecule has 0 radical (unpaired) electrons. The highest BCUT2D eigenvalue weighted by molar-refractivity contribution is 5.08. The molecule has 2 aliphatic rings. The average molecular weight is 246 g/mol. The molecular weight excluding hydrogens is 224 g/mol. The largest absolute Gasteiger partial charge is 0.375 e. The van der Waals surface area contributed by atoms with Gasteiger partial charge in [0.2, 0.25) is 0 Å². The molecular formula is C15H22N2O. The Kier molecular flexibility index (Phi) is 3.35. The minimum atomic E-state index is 0.222. The van der Waals surface area contributed by atoms with Gasteiger partial charge in [0.05, 0.1) is 11.3 Å². The highest BCUT2D eigenvalue weighted by atomic mass is 16.5. The first-order chi connectivity index (χ1) is 8.77. The number of pyridine rings is 1. The van der Waals surface area contributed by atoms with Crippen LogP contribution in [-0.2, 0) is 4.74 Å². The molecule has 0 aromatic carbocycles. The van der Waals surface area contributed by atoms with Crippen molar-refractivity contribution in [2.24, 2.45) is 0 Å². The number of ether oxygens (including phenoxy) is 1.